The molecular weight excluding hydrogens is 852 g/mol. The van der Waals surface area contributed by atoms with Gasteiger partial charge < -0.3 is 39.9 Å². The Balaban J connectivity index is 2.46. The third-order valence-corrected chi connectivity index (χ3v) is 11.7. The number of carbonyl (C=O) groups is 2. The highest BCUT2D eigenvalue weighted by Crippen LogP contribution is 2.47. The monoisotopic (exact) mass is 937 g/mol. The number of aliphatic hydroxyl groups excluding tert-OH is 5. The summed E-state index contributed by atoms with van der Waals surface area (Å²) in [5.41, 5.74) is 0. The Morgan fingerprint density at radius 1 is 0.508 bits per heavy atom. The van der Waals surface area contributed by atoms with Crippen molar-refractivity contribution in [2.24, 2.45) is 0 Å². The van der Waals surface area contributed by atoms with Gasteiger partial charge in [-0.05, 0) is 70.6 Å². The molecule has 6 atom stereocenters. The Hall–Kier alpha value is -2.97. The van der Waals surface area contributed by atoms with Gasteiger partial charge in [0.05, 0.1) is 13.0 Å². The molecule has 1 aliphatic carbocycles. The number of phosphoric acid groups is 1. The molecule has 0 amide bonds. The van der Waals surface area contributed by atoms with Crippen LogP contribution in [0.2, 0.25) is 0 Å². The second-order valence-electron chi connectivity index (χ2n) is 16.6. The van der Waals surface area contributed by atoms with E-state index in [1.54, 1.807) is 12.2 Å². The van der Waals surface area contributed by atoms with Crippen molar-refractivity contribution in [1.29, 1.82) is 0 Å². The van der Waals surface area contributed by atoms with Gasteiger partial charge in [-0.3, -0.25) is 18.6 Å². The van der Waals surface area contributed by atoms with Crippen LogP contribution in [-0.2, 0) is 32.7 Å². The Bertz CT molecular complexity index is 1460. The van der Waals surface area contributed by atoms with Crippen LogP contribution in [0.15, 0.2) is 85.1 Å². The molecule has 0 saturated heterocycles. The predicted molar refractivity (Wildman–Crippen MR) is 258 cm³/mol. The molecule has 0 aromatic carbocycles. The van der Waals surface area contributed by atoms with Crippen LogP contribution in [-0.4, -0.2) is 98.3 Å². The predicted octanol–water partition coefficient (Wildman–Crippen LogP) is 10.1. The van der Waals surface area contributed by atoms with Gasteiger partial charge in [-0.15, -0.1) is 0 Å². The van der Waals surface area contributed by atoms with Crippen LogP contribution in [0.4, 0.5) is 0 Å². The highest BCUT2D eigenvalue weighted by molar-refractivity contribution is 7.47. The Morgan fingerprint density at radius 3 is 1.42 bits per heavy atom. The standard InChI is InChI=1S/C51H85O13P/c1-3-5-7-9-11-13-15-17-19-20-21-22-23-24-26-27-29-31-33-35-37-39-44(52)61-41-43(42-62-65(59,60)64-51-49(57)47(55)46(54)48(56)50(51)58)63-45(53)40-38-36-34-32-30-28-25-18-16-14-12-10-8-6-4-2/h6,8,12,14-15,17-18,20-21,25,30,32,36,38,43,46-51,54-58H,3-5,7,9-11,13,16,19,22-24,26-29,31,33-35,37,39-42H2,1-2H3,(H,59,60)/b8-6-,14-12-,17-15-,21-20-,25-18-,32-30-,38-36-. The lowest BCUT2D eigenvalue weighted by Gasteiger charge is -2.41. The van der Waals surface area contributed by atoms with Gasteiger partial charge >= 0.3 is 19.8 Å². The van der Waals surface area contributed by atoms with Crippen molar-refractivity contribution in [3.63, 3.8) is 0 Å². The van der Waals surface area contributed by atoms with E-state index >= 15 is 0 Å². The molecule has 0 aromatic rings. The van der Waals surface area contributed by atoms with Crippen molar-refractivity contribution < 1.29 is 63.1 Å². The fraction of sp³-hybridized carbons (Fsp3) is 0.686. The molecule has 0 aliphatic heterocycles. The summed E-state index contributed by atoms with van der Waals surface area (Å²) in [6, 6.07) is 0. The summed E-state index contributed by atoms with van der Waals surface area (Å²) in [6.07, 6.45) is 39.5. The minimum Gasteiger partial charge on any atom is -0.462 e. The quantitative estimate of drug-likeness (QED) is 0.0147. The maximum Gasteiger partial charge on any atom is 0.472 e. The number of allylic oxidation sites excluding steroid dienone is 13. The van der Waals surface area contributed by atoms with E-state index in [0.717, 1.165) is 64.2 Å². The first-order valence-electron chi connectivity index (χ1n) is 24.4. The van der Waals surface area contributed by atoms with Crippen molar-refractivity contribution in [2.45, 2.75) is 211 Å². The molecule has 0 bridgehead atoms. The second kappa shape index (κ2) is 40.1. The first-order chi connectivity index (χ1) is 31.4. The smallest absolute Gasteiger partial charge is 0.462 e. The van der Waals surface area contributed by atoms with Crippen LogP contribution in [0.5, 0.6) is 0 Å². The number of hydrogen-bond acceptors (Lipinski definition) is 12. The number of ether oxygens (including phenoxy) is 2. The lowest BCUT2D eigenvalue weighted by Crippen LogP contribution is -2.64. The SMILES string of the molecule is CC/C=C\C/C=C\C/C=C\C/C=C\C/C=C\CC(=O)OC(COC(=O)CCCCCCCCCCC/C=C\C/C=C\CCCCCCC)COP(=O)(O)OC1C(O)C(O)C(O)C(O)C1O. The number of unbranched alkanes of at least 4 members (excludes halogenated alkanes) is 14. The molecule has 0 heterocycles. The second-order valence-corrected chi connectivity index (χ2v) is 18.0. The lowest BCUT2D eigenvalue weighted by atomic mass is 9.85. The van der Waals surface area contributed by atoms with E-state index in [-0.39, 0.29) is 12.8 Å². The fourth-order valence-corrected chi connectivity index (χ4v) is 7.84. The van der Waals surface area contributed by atoms with E-state index < -0.39 is 75.7 Å². The third kappa shape index (κ3) is 32.4. The van der Waals surface area contributed by atoms with Crippen LogP contribution < -0.4 is 0 Å². The molecule has 14 heteroatoms. The topological polar surface area (TPSA) is 210 Å². The first kappa shape index (κ1) is 60.0. The summed E-state index contributed by atoms with van der Waals surface area (Å²) in [4.78, 5) is 35.7. The first-order valence-corrected chi connectivity index (χ1v) is 25.9. The van der Waals surface area contributed by atoms with Crippen LogP contribution in [0, 0.1) is 0 Å². The summed E-state index contributed by atoms with van der Waals surface area (Å²) in [5, 5.41) is 50.2. The van der Waals surface area contributed by atoms with Crippen LogP contribution in [0.1, 0.15) is 168 Å². The van der Waals surface area contributed by atoms with Gasteiger partial charge in [0, 0.05) is 6.42 Å². The van der Waals surface area contributed by atoms with Crippen molar-refractivity contribution in [1.82, 2.24) is 0 Å². The molecule has 0 radical (unpaired) electrons. The molecule has 1 saturated carbocycles. The Kier molecular flexibility index (Phi) is 37.1. The van der Waals surface area contributed by atoms with E-state index in [1.807, 2.05) is 12.2 Å². The maximum atomic E-state index is 12.8. The zero-order valence-electron chi connectivity index (χ0n) is 39.5. The van der Waals surface area contributed by atoms with Crippen LogP contribution in [0.3, 0.4) is 0 Å². The van der Waals surface area contributed by atoms with Gasteiger partial charge in [0.1, 0.15) is 43.2 Å². The van der Waals surface area contributed by atoms with Crippen LogP contribution in [0.25, 0.3) is 0 Å². The minimum absolute atomic E-state index is 0.138. The van der Waals surface area contributed by atoms with E-state index in [0.29, 0.717) is 12.8 Å². The van der Waals surface area contributed by atoms with Gasteiger partial charge in [0.15, 0.2) is 6.10 Å². The summed E-state index contributed by atoms with van der Waals surface area (Å²) in [5.74, 6) is -1.26. The summed E-state index contributed by atoms with van der Waals surface area (Å²) >= 11 is 0. The van der Waals surface area contributed by atoms with E-state index in [4.69, 9.17) is 18.5 Å². The molecule has 0 spiro atoms. The number of carbonyl (C=O) groups excluding carboxylic acids is 2. The van der Waals surface area contributed by atoms with Gasteiger partial charge in [-0.1, -0.05) is 170 Å². The highest BCUT2D eigenvalue weighted by atomic mass is 31.2. The van der Waals surface area contributed by atoms with Gasteiger partial charge in [0.25, 0.3) is 0 Å². The van der Waals surface area contributed by atoms with Gasteiger partial charge in [-0.25, -0.2) is 4.57 Å². The highest BCUT2D eigenvalue weighted by Gasteiger charge is 2.51. The molecule has 1 rings (SSSR count). The minimum atomic E-state index is -5.15. The normalized spacial score (nSPS) is 22.2. The molecular formula is C51H85O13P. The lowest BCUT2D eigenvalue weighted by molar-refractivity contribution is -0.220. The average Bonchev–Trinajstić information content (AvgIpc) is 3.29. The van der Waals surface area contributed by atoms with Gasteiger partial charge in [0.2, 0.25) is 0 Å². The van der Waals surface area contributed by atoms with Crippen molar-refractivity contribution >= 4 is 19.8 Å². The van der Waals surface area contributed by atoms with Crippen molar-refractivity contribution in [3.05, 3.63) is 85.1 Å². The number of hydrogen-bond donors (Lipinski definition) is 6. The molecule has 1 fully saturated rings. The van der Waals surface area contributed by atoms with E-state index in [2.05, 4.69) is 74.6 Å². The van der Waals surface area contributed by atoms with Crippen molar-refractivity contribution in [3.8, 4) is 0 Å². The number of esters is 2. The zero-order valence-corrected chi connectivity index (χ0v) is 40.4. The van der Waals surface area contributed by atoms with Gasteiger partial charge in [-0.2, -0.15) is 0 Å². The van der Waals surface area contributed by atoms with Crippen molar-refractivity contribution in [2.75, 3.05) is 13.2 Å². The van der Waals surface area contributed by atoms with Crippen LogP contribution >= 0.6 is 7.82 Å². The molecule has 0 aromatic heterocycles. The zero-order chi connectivity index (χ0) is 47.8. The number of phosphoric ester groups is 1. The maximum absolute atomic E-state index is 12.8. The number of aliphatic hydroxyl groups is 5. The largest absolute Gasteiger partial charge is 0.472 e. The summed E-state index contributed by atoms with van der Waals surface area (Å²) in [6.45, 7) is 3.08. The fourth-order valence-electron chi connectivity index (χ4n) is 6.86. The summed E-state index contributed by atoms with van der Waals surface area (Å²) in [7, 11) is -5.15. The average molecular weight is 937 g/mol. The number of rotatable bonds is 39. The Labute approximate surface area is 390 Å². The third-order valence-electron chi connectivity index (χ3n) is 10.8. The van der Waals surface area contributed by atoms with E-state index in [1.165, 1.54) is 64.2 Å². The molecule has 6 unspecified atom stereocenters. The summed E-state index contributed by atoms with van der Waals surface area (Å²) < 4.78 is 33.4. The molecule has 1 aliphatic rings. The molecule has 372 valence electrons. The Morgan fingerprint density at radius 2 is 0.923 bits per heavy atom. The van der Waals surface area contributed by atoms with E-state index in [9.17, 15) is 44.6 Å². The molecule has 65 heavy (non-hydrogen) atoms. The molecule has 6 N–H and O–H groups in total. The molecule has 13 nitrogen and oxygen atoms in total.